The third-order valence-corrected chi connectivity index (χ3v) is 5.55. The number of anilines is 1. The summed E-state index contributed by atoms with van der Waals surface area (Å²) in [6.07, 6.45) is 0. The lowest BCUT2D eigenvalue weighted by Gasteiger charge is -2.34. The highest BCUT2D eigenvalue weighted by atomic mass is 79.9. The lowest BCUT2D eigenvalue weighted by Crippen LogP contribution is -2.45. The van der Waals surface area contributed by atoms with Gasteiger partial charge in [-0.2, -0.15) is 0 Å². The van der Waals surface area contributed by atoms with Crippen LogP contribution in [0.1, 0.15) is 25.2 Å². The van der Waals surface area contributed by atoms with Crippen molar-refractivity contribution in [1.29, 1.82) is 0 Å². The summed E-state index contributed by atoms with van der Waals surface area (Å²) in [7, 11) is 2.15. The number of halogens is 2. The third-order valence-electron chi connectivity index (χ3n) is 4.01. The molecule has 1 fully saturated rings. The van der Waals surface area contributed by atoms with E-state index in [9.17, 15) is 0 Å². The van der Waals surface area contributed by atoms with E-state index in [-0.39, 0.29) is 0 Å². The van der Waals surface area contributed by atoms with E-state index in [1.54, 1.807) is 0 Å². The van der Waals surface area contributed by atoms with Crippen molar-refractivity contribution in [2.75, 3.05) is 38.1 Å². The Bertz CT molecular complexity index is 697. The van der Waals surface area contributed by atoms with Gasteiger partial charge in [-0.15, -0.1) is 0 Å². The highest BCUT2D eigenvalue weighted by Gasteiger charge is 2.20. The summed E-state index contributed by atoms with van der Waals surface area (Å²) in [6, 6.07) is 1.97. The molecule has 1 aliphatic rings. The molecule has 0 N–H and O–H groups in total. The van der Waals surface area contributed by atoms with Crippen molar-refractivity contribution in [1.82, 2.24) is 14.9 Å². The zero-order valence-corrected chi connectivity index (χ0v) is 16.8. The number of nitrogens with zero attached hydrogens (tertiary/aromatic N) is 4. The molecule has 0 atom stereocenters. The van der Waals surface area contributed by atoms with Crippen molar-refractivity contribution in [3.05, 3.63) is 26.9 Å². The SMILES string of the molecule is CC.Cc1nc(N2CCN(C)CC2)c2cc(Cl)c(Br)c(C)c2n1. The third kappa shape index (κ3) is 3.78. The predicted octanol–water partition coefficient (Wildman–Crippen LogP) is 4.44. The molecule has 1 aromatic carbocycles. The maximum absolute atomic E-state index is 6.34. The Labute approximate surface area is 152 Å². The first-order chi connectivity index (χ1) is 11.0. The Morgan fingerprint density at radius 3 is 2.30 bits per heavy atom. The summed E-state index contributed by atoms with van der Waals surface area (Å²) in [5.41, 5.74) is 2.05. The van der Waals surface area contributed by atoms with Gasteiger partial charge in [0.2, 0.25) is 0 Å². The predicted molar refractivity (Wildman–Crippen MR) is 103 cm³/mol. The van der Waals surface area contributed by atoms with Crippen molar-refractivity contribution >= 4 is 44.3 Å². The van der Waals surface area contributed by atoms with Gasteiger partial charge in [-0.05, 0) is 48.5 Å². The van der Waals surface area contributed by atoms with E-state index in [2.05, 4.69) is 42.7 Å². The van der Waals surface area contributed by atoms with Gasteiger partial charge in [-0.1, -0.05) is 25.4 Å². The fourth-order valence-corrected chi connectivity index (χ4v) is 3.27. The number of benzene rings is 1. The number of hydrogen-bond acceptors (Lipinski definition) is 4. The molecule has 6 heteroatoms. The molecule has 0 aliphatic carbocycles. The molecule has 0 saturated carbocycles. The maximum atomic E-state index is 6.34. The molecular formula is C17H24BrClN4. The van der Waals surface area contributed by atoms with Crippen LogP contribution >= 0.6 is 27.5 Å². The van der Waals surface area contributed by atoms with Crippen LogP contribution in [0, 0.1) is 13.8 Å². The van der Waals surface area contributed by atoms with Crippen molar-refractivity contribution in [3.8, 4) is 0 Å². The topological polar surface area (TPSA) is 32.3 Å². The summed E-state index contributed by atoms with van der Waals surface area (Å²) in [5, 5.41) is 1.75. The lowest BCUT2D eigenvalue weighted by atomic mass is 10.1. The largest absolute Gasteiger partial charge is 0.353 e. The molecule has 0 unspecified atom stereocenters. The van der Waals surface area contributed by atoms with E-state index < -0.39 is 0 Å². The van der Waals surface area contributed by atoms with Crippen LogP contribution in [-0.2, 0) is 0 Å². The monoisotopic (exact) mass is 398 g/mol. The highest BCUT2D eigenvalue weighted by Crippen LogP contribution is 2.35. The molecular weight excluding hydrogens is 376 g/mol. The average molecular weight is 400 g/mol. The molecule has 3 rings (SSSR count). The van der Waals surface area contributed by atoms with Gasteiger partial charge in [0, 0.05) is 36.0 Å². The molecule has 0 radical (unpaired) electrons. The van der Waals surface area contributed by atoms with Crippen molar-refractivity contribution < 1.29 is 0 Å². The second-order valence-electron chi connectivity index (χ2n) is 5.58. The first-order valence-electron chi connectivity index (χ1n) is 8.04. The molecule has 1 aromatic heterocycles. The van der Waals surface area contributed by atoms with Gasteiger partial charge >= 0.3 is 0 Å². The maximum Gasteiger partial charge on any atom is 0.140 e. The fourth-order valence-electron chi connectivity index (χ4n) is 2.72. The number of aryl methyl sites for hydroxylation is 2. The molecule has 126 valence electrons. The smallest absolute Gasteiger partial charge is 0.140 e. The molecule has 1 saturated heterocycles. The fraction of sp³-hybridized carbons (Fsp3) is 0.529. The van der Waals surface area contributed by atoms with E-state index in [4.69, 9.17) is 11.6 Å². The lowest BCUT2D eigenvalue weighted by molar-refractivity contribution is 0.312. The van der Waals surface area contributed by atoms with E-state index in [0.717, 1.165) is 58.8 Å². The van der Waals surface area contributed by atoms with Crippen LogP contribution in [0.15, 0.2) is 10.5 Å². The van der Waals surface area contributed by atoms with Crippen LogP contribution in [0.5, 0.6) is 0 Å². The van der Waals surface area contributed by atoms with Crippen LogP contribution in [0.25, 0.3) is 10.9 Å². The number of rotatable bonds is 1. The molecule has 0 spiro atoms. The minimum absolute atomic E-state index is 0.711. The van der Waals surface area contributed by atoms with Crippen molar-refractivity contribution in [3.63, 3.8) is 0 Å². The first kappa shape index (κ1) is 18.4. The molecule has 0 bridgehead atoms. The van der Waals surface area contributed by atoms with Crippen LogP contribution in [0.4, 0.5) is 5.82 Å². The quantitative estimate of drug-likeness (QED) is 0.709. The standard InChI is InChI=1S/C15H18BrClN4.C2H6/c1-9-13(16)12(17)8-11-14(9)18-10(2)19-15(11)21-6-4-20(3)5-7-21;1-2/h8H,4-7H2,1-3H3;1-2H3. The highest BCUT2D eigenvalue weighted by molar-refractivity contribution is 9.10. The summed E-state index contributed by atoms with van der Waals surface area (Å²) in [5.74, 6) is 1.80. The summed E-state index contributed by atoms with van der Waals surface area (Å²) in [4.78, 5) is 14.0. The number of aromatic nitrogens is 2. The Balaban J connectivity index is 0.000000924. The number of likely N-dealkylation sites (N-methyl/N-ethyl adjacent to an activating group) is 1. The van der Waals surface area contributed by atoms with Crippen molar-refractivity contribution in [2.45, 2.75) is 27.7 Å². The molecule has 2 aromatic rings. The van der Waals surface area contributed by atoms with E-state index in [1.165, 1.54) is 0 Å². The second-order valence-corrected chi connectivity index (χ2v) is 6.78. The minimum Gasteiger partial charge on any atom is -0.353 e. The summed E-state index contributed by atoms with van der Waals surface area (Å²) >= 11 is 9.88. The molecule has 2 heterocycles. The van der Waals surface area contributed by atoms with Gasteiger partial charge in [-0.25, -0.2) is 9.97 Å². The van der Waals surface area contributed by atoms with Gasteiger partial charge in [0.05, 0.1) is 10.5 Å². The first-order valence-corrected chi connectivity index (χ1v) is 9.21. The minimum atomic E-state index is 0.711. The van der Waals surface area contributed by atoms with Gasteiger partial charge in [-0.3, -0.25) is 0 Å². The Kier molecular flexibility index (Phi) is 6.23. The van der Waals surface area contributed by atoms with Crippen LogP contribution in [0.2, 0.25) is 5.02 Å². The number of hydrogen-bond donors (Lipinski definition) is 0. The average Bonchev–Trinajstić information content (AvgIpc) is 2.56. The van der Waals surface area contributed by atoms with Crippen molar-refractivity contribution in [2.24, 2.45) is 0 Å². The Morgan fingerprint density at radius 1 is 1.09 bits per heavy atom. The van der Waals surface area contributed by atoms with Gasteiger partial charge in [0.1, 0.15) is 11.6 Å². The van der Waals surface area contributed by atoms with Gasteiger partial charge < -0.3 is 9.80 Å². The Hall–Kier alpha value is -0.910. The summed E-state index contributed by atoms with van der Waals surface area (Å²) in [6.45, 7) is 12.0. The zero-order valence-electron chi connectivity index (χ0n) is 14.5. The van der Waals surface area contributed by atoms with E-state index in [1.807, 2.05) is 33.8 Å². The van der Waals surface area contributed by atoms with Crippen LogP contribution in [-0.4, -0.2) is 48.1 Å². The summed E-state index contributed by atoms with van der Waals surface area (Å²) < 4.78 is 0.916. The Morgan fingerprint density at radius 2 is 1.70 bits per heavy atom. The molecule has 4 nitrogen and oxygen atoms in total. The van der Waals surface area contributed by atoms with E-state index in [0.29, 0.717) is 5.02 Å². The molecule has 0 amide bonds. The number of piperazine rings is 1. The van der Waals surface area contributed by atoms with E-state index >= 15 is 0 Å². The normalized spacial score (nSPS) is 15.5. The van der Waals surface area contributed by atoms with Crippen LogP contribution < -0.4 is 4.90 Å². The van der Waals surface area contributed by atoms with Crippen LogP contribution in [0.3, 0.4) is 0 Å². The van der Waals surface area contributed by atoms with Gasteiger partial charge in [0.25, 0.3) is 0 Å². The second kappa shape index (κ2) is 7.77. The van der Waals surface area contributed by atoms with Gasteiger partial charge in [0.15, 0.2) is 0 Å². The molecule has 1 aliphatic heterocycles. The molecule has 23 heavy (non-hydrogen) atoms. The number of fused-ring (bicyclic) bond motifs is 1. The zero-order chi connectivity index (χ0) is 17.1.